The molecule has 9 heteroatoms. The molecule has 2 N–H and O–H groups in total. The molecule has 1 aromatic rings. The number of fused-ring (bicyclic) bond motifs is 6. The molecule has 2 saturated heterocycles. The van der Waals surface area contributed by atoms with Crippen molar-refractivity contribution in [3.63, 3.8) is 0 Å². The summed E-state index contributed by atoms with van der Waals surface area (Å²) in [5.74, 6) is -3.82. The summed E-state index contributed by atoms with van der Waals surface area (Å²) in [6.07, 6.45) is 4.41. The molecule has 4 atom stereocenters. The largest absolute Gasteiger partial charge is 0.510 e. The monoisotopic (exact) mass is 433 g/mol. The van der Waals surface area contributed by atoms with Crippen LogP contribution in [0.4, 0.5) is 13.2 Å². The van der Waals surface area contributed by atoms with Crippen LogP contribution in [0.1, 0.15) is 44.2 Å². The van der Waals surface area contributed by atoms with Crippen LogP contribution in [0.2, 0.25) is 0 Å². The Labute approximate surface area is 177 Å². The van der Waals surface area contributed by atoms with Gasteiger partial charge in [0, 0.05) is 48.5 Å². The van der Waals surface area contributed by atoms with Gasteiger partial charge in [-0.2, -0.15) is 0 Å². The van der Waals surface area contributed by atoms with Gasteiger partial charge in [-0.1, -0.05) is 0 Å². The molecule has 3 fully saturated rings. The number of piperazine rings is 1. The van der Waals surface area contributed by atoms with Crippen LogP contribution in [0.15, 0.2) is 35.4 Å². The molecule has 6 nitrogen and oxygen atoms in total. The van der Waals surface area contributed by atoms with Crippen LogP contribution < -0.4 is 5.32 Å². The van der Waals surface area contributed by atoms with Gasteiger partial charge in [-0.25, -0.2) is 13.2 Å². The lowest BCUT2D eigenvalue weighted by molar-refractivity contribution is -0.137. The van der Waals surface area contributed by atoms with E-state index in [2.05, 4.69) is 5.32 Å². The van der Waals surface area contributed by atoms with Crippen molar-refractivity contribution in [2.75, 3.05) is 6.54 Å². The van der Waals surface area contributed by atoms with Gasteiger partial charge in [0.1, 0.15) is 28.9 Å². The SMILES string of the molecule is C[C@@H](NC(=O)C1=CN2C[C@H]3[C@@H]4CC[C@@H](C4)N3C(=O)C2=C(O)C1)c1c(F)cc(F)cc1F. The van der Waals surface area contributed by atoms with Crippen molar-refractivity contribution in [2.24, 2.45) is 5.92 Å². The highest BCUT2D eigenvalue weighted by atomic mass is 19.1. The molecule has 2 amide bonds. The average molecular weight is 433 g/mol. The molecule has 1 aromatic carbocycles. The number of amides is 2. The molecular formula is C22H22F3N3O3. The number of aliphatic hydroxyl groups excluding tert-OH is 1. The summed E-state index contributed by atoms with van der Waals surface area (Å²) in [6, 6.07) is 0.332. The number of hydrogen-bond donors (Lipinski definition) is 2. The van der Waals surface area contributed by atoms with Crippen LogP contribution in [0.3, 0.4) is 0 Å². The number of benzene rings is 1. The van der Waals surface area contributed by atoms with Gasteiger partial charge in [-0.15, -0.1) is 0 Å². The Morgan fingerprint density at radius 1 is 1.23 bits per heavy atom. The van der Waals surface area contributed by atoms with Crippen LogP contribution >= 0.6 is 0 Å². The molecule has 4 aliphatic rings. The zero-order chi connectivity index (χ0) is 22.0. The quantitative estimate of drug-likeness (QED) is 0.769. The summed E-state index contributed by atoms with van der Waals surface area (Å²) < 4.78 is 41.2. The first-order valence-electron chi connectivity index (χ1n) is 10.4. The number of allylic oxidation sites excluding steroid dienone is 1. The van der Waals surface area contributed by atoms with Crippen LogP contribution in [0.25, 0.3) is 0 Å². The predicted octanol–water partition coefficient (Wildman–Crippen LogP) is 3.03. The minimum Gasteiger partial charge on any atom is -0.510 e. The lowest BCUT2D eigenvalue weighted by Crippen LogP contribution is -2.57. The Balaban J connectivity index is 1.36. The first kappa shape index (κ1) is 20.0. The second-order valence-corrected chi connectivity index (χ2v) is 8.76. The predicted molar refractivity (Wildman–Crippen MR) is 104 cm³/mol. The van der Waals surface area contributed by atoms with E-state index in [0.717, 1.165) is 19.3 Å². The number of aliphatic hydroxyl groups is 1. The molecule has 0 radical (unpaired) electrons. The highest BCUT2D eigenvalue weighted by Crippen LogP contribution is 2.46. The zero-order valence-corrected chi connectivity index (χ0v) is 16.9. The van der Waals surface area contributed by atoms with Crippen molar-refractivity contribution in [1.29, 1.82) is 0 Å². The van der Waals surface area contributed by atoms with E-state index in [-0.39, 0.29) is 41.4 Å². The first-order chi connectivity index (χ1) is 14.7. The molecule has 5 rings (SSSR count). The van der Waals surface area contributed by atoms with E-state index in [4.69, 9.17) is 0 Å². The number of nitrogens with one attached hydrogen (secondary N) is 1. The Kier molecular flexibility index (Phi) is 4.53. The minimum absolute atomic E-state index is 0.0581. The molecule has 3 aliphatic heterocycles. The van der Waals surface area contributed by atoms with Crippen molar-refractivity contribution in [3.8, 4) is 0 Å². The molecule has 2 bridgehead atoms. The first-order valence-corrected chi connectivity index (χ1v) is 10.4. The molecule has 0 spiro atoms. The standard InChI is InChI=1S/C22H22F3N3O3/c1-10(19-15(24)6-13(23)7-16(19)25)26-21(30)12-5-18(29)20-22(31)28-14-3-2-11(4-14)17(28)9-27(20)8-12/h6-8,10-11,14,17,29H,2-5,9H2,1H3,(H,26,30)/t10-,11-,14+,17+/m1/s1. The minimum atomic E-state index is -1.09. The fourth-order valence-corrected chi connectivity index (χ4v) is 5.55. The maximum atomic E-state index is 14.0. The molecule has 0 unspecified atom stereocenters. The molecule has 3 heterocycles. The van der Waals surface area contributed by atoms with E-state index < -0.39 is 35.0 Å². The second kappa shape index (κ2) is 7.03. The summed E-state index contributed by atoms with van der Waals surface area (Å²) in [6.45, 7) is 1.89. The number of carbonyl (C=O) groups excluding carboxylic acids is 2. The van der Waals surface area contributed by atoms with Crippen LogP contribution in [0.5, 0.6) is 0 Å². The molecule has 0 aromatic heterocycles. The number of nitrogens with zero attached hydrogens (tertiary/aromatic N) is 2. The number of halogens is 3. The van der Waals surface area contributed by atoms with E-state index >= 15 is 0 Å². The van der Waals surface area contributed by atoms with Gasteiger partial charge in [0.05, 0.1) is 12.1 Å². The Morgan fingerprint density at radius 3 is 2.65 bits per heavy atom. The third-order valence-corrected chi connectivity index (χ3v) is 6.91. The van der Waals surface area contributed by atoms with Crippen LogP contribution in [-0.2, 0) is 9.59 Å². The van der Waals surface area contributed by atoms with Gasteiger partial charge in [-0.3, -0.25) is 9.59 Å². The Bertz CT molecular complexity index is 1030. The summed E-state index contributed by atoms with van der Waals surface area (Å²) in [4.78, 5) is 29.3. The Hall–Kier alpha value is -2.97. The van der Waals surface area contributed by atoms with Crippen molar-refractivity contribution in [1.82, 2.24) is 15.1 Å². The van der Waals surface area contributed by atoms with Crippen molar-refractivity contribution in [3.05, 3.63) is 58.4 Å². The molecule has 31 heavy (non-hydrogen) atoms. The molecule has 1 aliphatic carbocycles. The van der Waals surface area contributed by atoms with Gasteiger partial charge in [-0.05, 0) is 32.1 Å². The number of rotatable bonds is 3. The van der Waals surface area contributed by atoms with Gasteiger partial charge in [0.25, 0.3) is 5.91 Å². The van der Waals surface area contributed by atoms with Gasteiger partial charge in [0.2, 0.25) is 5.91 Å². The smallest absolute Gasteiger partial charge is 0.274 e. The topological polar surface area (TPSA) is 72.9 Å². The summed E-state index contributed by atoms with van der Waals surface area (Å²) in [5, 5.41) is 13.1. The lowest BCUT2D eigenvalue weighted by Gasteiger charge is -2.45. The maximum absolute atomic E-state index is 14.0. The number of carbonyl (C=O) groups is 2. The number of piperidine rings is 1. The summed E-state index contributed by atoms with van der Waals surface area (Å²) in [5.41, 5.74) is -0.0677. The van der Waals surface area contributed by atoms with E-state index in [1.165, 1.54) is 13.1 Å². The second-order valence-electron chi connectivity index (χ2n) is 8.76. The van der Waals surface area contributed by atoms with E-state index in [0.29, 0.717) is 24.6 Å². The van der Waals surface area contributed by atoms with E-state index in [1.54, 1.807) is 4.90 Å². The summed E-state index contributed by atoms with van der Waals surface area (Å²) in [7, 11) is 0. The zero-order valence-electron chi connectivity index (χ0n) is 16.9. The van der Waals surface area contributed by atoms with Crippen LogP contribution in [0, 0.1) is 23.4 Å². The average Bonchev–Trinajstić information content (AvgIpc) is 3.28. The maximum Gasteiger partial charge on any atom is 0.274 e. The third-order valence-electron chi connectivity index (χ3n) is 6.91. The van der Waals surface area contributed by atoms with Gasteiger partial charge in [0.15, 0.2) is 0 Å². The van der Waals surface area contributed by atoms with Crippen LogP contribution in [-0.4, -0.2) is 45.3 Å². The molecular weight excluding hydrogens is 411 g/mol. The molecule has 1 saturated carbocycles. The third kappa shape index (κ3) is 3.09. The van der Waals surface area contributed by atoms with Crippen molar-refractivity contribution >= 4 is 11.8 Å². The lowest BCUT2D eigenvalue weighted by atomic mass is 9.93. The van der Waals surface area contributed by atoms with Crippen molar-refractivity contribution in [2.45, 2.75) is 50.7 Å². The number of hydrogen-bond acceptors (Lipinski definition) is 4. The van der Waals surface area contributed by atoms with Crippen molar-refractivity contribution < 1.29 is 27.9 Å². The normalized spacial score (nSPS) is 27.8. The fraction of sp³-hybridized carbons (Fsp3) is 0.455. The van der Waals surface area contributed by atoms with E-state index in [1.807, 2.05) is 4.90 Å². The van der Waals surface area contributed by atoms with Gasteiger partial charge >= 0.3 is 0 Å². The van der Waals surface area contributed by atoms with E-state index in [9.17, 15) is 27.9 Å². The highest BCUT2D eigenvalue weighted by Gasteiger charge is 2.53. The van der Waals surface area contributed by atoms with Gasteiger partial charge < -0.3 is 20.2 Å². The molecule has 164 valence electrons. The highest BCUT2D eigenvalue weighted by molar-refractivity contribution is 5.99. The fourth-order valence-electron chi connectivity index (χ4n) is 5.55. The summed E-state index contributed by atoms with van der Waals surface area (Å²) >= 11 is 0. The Morgan fingerprint density at radius 2 is 1.94 bits per heavy atom.